The van der Waals surface area contributed by atoms with Gasteiger partial charge >= 0.3 is 0 Å². The van der Waals surface area contributed by atoms with Crippen molar-refractivity contribution >= 4 is 11.3 Å². The lowest BCUT2D eigenvalue weighted by Gasteiger charge is -2.18. The molecule has 0 aliphatic carbocycles. The van der Waals surface area contributed by atoms with Crippen molar-refractivity contribution in [3.8, 4) is 11.4 Å². The molecular formula is C20H24N3OS+. The topological polar surface area (TPSA) is 43.4 Å². The summed E-state index contributed by atoms with van der Waals surface area (Å²) in [6.07, 6.45) is 2.50. The lowest BCUT2D eigenvalue weighted by atomic mass is 10.0. The quantitative estimate of drug-likeness (QED) is 0.757. The van der Waals surface area contributed by atoms with Crippen molar-refractivity contribution in [3.63, 3.8) is 0 Å². The van der Waals surface area contributed by atoms with E-state index in [4.69, 9.17) is 4.52 Å². The number of likely N-dealkylation sites (tertiary alicyclic amines) is 1. The Hall–Kier alpha value is -1.98. The summed E-state index contributed by atoms with van der Waals surface area (Å²) in [4.78, 5) is 7.64. The number of aromatic nitrogens is 2. The zero-order valence-corrected chi connectivity index (χ0v) is 15.6. The van der Waals surface area contributed by atoms with E-state index in [1.54, 1.807) is 0 Å². The van der Waals surface area contributed by atoms with Gasteiger partial charge in [-0.2, -0.15) is 4.98 Å². The molecule has 1 N–H and O–H groups in total. The van der Waals surface area contributed by atoms with Gasteiger partial charge in [0.15, 0.2) is 6.54 Å². The van der Waals surface area contributed by atoms with Gasteiger partial charge in [0.2, 0.25) is 5.82 Å². The molecule has 1 aliphatic rings. The van der Waals surface area contributed by atoms with Crippen molar-refractivity contribution in [2.24, 2.45) is 0 Å². The Morgan fingerprint density at radius 1 is 1.24 bits per heavy atom. The summed E-state index contributed by atoms with van der Waals surface area (Å²) in [6.45, 7) is 6.37. The lowest BCUT2D eigenvalue weighted by Crippen LogP contribution is -3.08. The fraction of sp³-hybridized carbons (Fsp3) is 0.400. The molecule has 0 saturated carbocycles. The summed E-state index contributed by atoms with van der Waals surface area (Å²) in [7, 11) is 0. The summed E-state index contributed by atoms with van der Waals surface area (Å²) in [5.74, 6) is 1.96. The molecule has 4 rings (SSSR count). The van der Waals surface area contributed by atoms with Gasteiger partial charge in [-0.15, -0.1) is 11.3 Å². The van der Waals surface area contributed by atoms with E-state index in [2.05, 4.69) is 65.8 Å². The normalized spacial score (nSPS) is 20.4. The molecule has 0 amide bonds. The van der Waals surface area contributed by atoms with Gasteiger partial charge in [-0.3, -0.25) is 0 Å². The Labute approximate surface area is 152 Å². The Bertz CT molecular complexity index is 808. The number of hydrogen-bond donors (Lipinski definition) is 1. The molecule has 4 nitrogen and oxygen atoms in total. The summed E-state index contributed by atoms with van der Waals surface area (Å²) >= 11 is 1.85. The van der Waals surface area contributed by atoms with Crippen LogP contribution < -0.4 is 4.90 Å². The van der Waals surface area contributed by atoms with Crippen LogP contribution in [0.15, 0.2) is 46.3 Å². The Morgan fingerprint density at radius 3 is 2.80 bits per heavy atom. The number of benzene rings is 1. The van der Waals surface area contributed by atoms with Crippen LogP contribution in [0.3, 0.4) is 0 Å². The average Bonchev–Trinajstić information content (AvgIpc) is 3.37. The number of hydrogen-bond acceptors (Lipinski definition) is 4. The van der Waals surface area contributed by atoms with E-state index in [-0.39, 0.29) is 0 Å². The van der Waals surface area contributed by atoms with Crippen LogP contribution in [0.5, 0.6) is 0 Å². The van der Waals surface area contributed by atoms with Crippen LogP contribution in [0.4, 0.5) is 0 Å². The molecule has 130 valence electrons. The molecule has 3 aromatic rings. The summed E-state index contributed by atoms with van der Waals surface area (Å²) in [5, 5.41) is 6.36. The zero-order chi connectivity index (χ0) is 17.2. The molecule has 1 unspecified atom stereocenters. The molecular weight excluding hydrogens is 330 g/mol. The van der Waals surface area contributed by atoms with Crippen LogP contribution >= 0.6 is 11.3 Å². The molecule has 1 fully saturated rings. The lowest BCUT2D eigenvalue weighted by molar-refractivity contribution is -0.932. The van der Waals surface area contributed by atoms with Gasteiger partial charge in [-0.05, 0) is 22.9 Å². The molecule has 25 heavy (non-hydrogen) atoms. The van der Waals surface area contributed by atoms with Gasteiger partial charge in [0.05, 0.1) is 11.4 Å². The maximum atomic E-state index is 5.55. The highest BCUT2D eigenvalue weighted by molar-refractivity contribution is 7.10. The van der Waals surface area contributed by atoms with E-state index in [0.717, 1.165) is 18.0 Å². The van der Waals surface area contributed by atoms with Crippen molar-refractivity contribution in [1.29, 1.82) is 0 Å². The largest absolute Gasteiger partial charge is 0.333 e. The van der Waals surface area contributed by atoms with Gasteiger partial charge in [0.1, 0.15) is 6.04 Å². The molecule has 0 bridgehead atoms. The van der Waals surface area contributed by atoms with Crippen molar-refractivity contribution in [1.82, 2.24) is 10.1 Å². The second kappa shape index (κ2) is 7.10. The SMILES string of the molecule is CC(C)c1ccc(-c2noc(C[NH+]3CCC[C@H]3c3cccs3)n2)cc1. The summed E-state index contributed by atoms with van der Waals surface area (Å²) in [6, 6.07) is 13.4. The predicted molar refractivity (Wildman–Crippen MR) is 99.7 cm³/mol. The standard InChI is InChI=1S/C20H23N3OS/c1-14(2)15-7-9-16(10-8-15)20-21-19(24-22-20)13-23-11-3-5-17(23)18-6-4-12-25-18/h4,6-10,12,14,17H,3,5,11,13H2,1-2H3/p+1/t17-/m0/s1. The minimum absolute atomic E-state index is 0.530. The molecule has 1 aliphatic heterocycles. The molecule has 0 spiro atoms. The first-order valence-corrected chi connectivity index (χ1v) is 9.89. The Morgan fingerprint density at radius 2 is 2.08 bits per heavy atom. The molecule has 1 aromatic carbocycles. The van der Waals surface area contributed by atoms with E-state index in [9.17, 15) is 0 Å². The monoisotopic (exact) mass is 354 g/mol. The predicted octanol–water partition coefficient (Wildman–Crippen LogP) is 3.84. The molecule has 1 saturated heterocycles. The van der Waals surface area contributed by atoms with Crippen LogP contribution in [0.25, 0.3) is 11.4 Å². The number of thiophene rings is 1. The van der Waals surface area contributed by atoms with E-state index < -0.39 is 0 Å². The maximum absolute atomic E-state index is 5.55. The zero-order valence-electron chi connectivity index (χ0n) is 14.7. The molecule has 2 aromatic heterocycles. The first-order chi connectivity index (χ1) is 12.2. The fourth-order valence-electron chi connectivity index (χ4n) is 3.61. The highest BCUT2D eigenvalue weighted by Gasteiger charge is 2.32. The third-order valence-electron chi connectivity index (χ3n) is 5.05. The van der Waals surface area contributed by atoms with Gasteiger partial charge in [-0.25, -0.2) is 0 Å². The molecule has 0 radical (unpaired) electrons. The van der Waals surface area contributed by atoms with Gasteiger partial charge in [0, 0.05) is 18.4 Å². The first-order valence-electron chi connectivity index (χ1n) is 9.01. The van der Waals surface area contributed by atoms with Crippen molar-refractivity contribution in [2.75, 3.05) is 6.54 Å². The Balaban J connectivity index is 1.48. The van der Waals surface area contributed by atoms with Crippen molar-refractivity contribution in [2.45, 2.75) is 45.2 Å². The highest BCUT2D eigenvalue weighted by Crippen LogP contribution is 2.24. The molecule has 3 heterocycles. The van der Waals surface area contributed by atoms with Crippen molar-refractivity contribution < 1.29 is 9.42 Å². The van der Waals surface area contributed by atoms with Crippen LogP contribution in [0, 0.1) is 0 Å². The van der Waals surface area contributed by atoms with Crippen LogP contribution in [0.2, 0.25) is 0 Å². The van der Waals surface area contributed by atoms with E-state index in [1.165, 1.54) is 34.7 Å². The fourth-order valence-corrected chi connectivity index (χ4v) is 4.53. The van der Waals surface area contributed by atoms with E-state index in [1.807, 2.05) is 11.3 Å². The maximum Gasteiger partial charge on any atom is 0.282 e. The number of nitrogens with one attached hydrogen (secondary N) is 1. The molecule has 5 heteroatoms. The number of rotatable bonds is 5. The van der Waals surface area contributed by atoms with Crippen LogP contribution in [0.1, 0.15) is 55.0 Å². The van der Waals surface area contributed by atoms with Gasteiger partial charge in [-0.1, -0.05) is 49.3 Å². The Kier molecular flexibility index (Phi) is 4.68. The first kappa shape index (κ1) is 16.5. The summed E-state index contributed by atoms with van der Waals surface area (Å²) in [5.41, 5.74) is 2.35. The average molecular weight is 354 g/mol. The number of nitrogens with zero attached hydrogens (tertiary/aromatic N) is 2. The number of quaternary nitrogens is 1. The molecule has 2 atom stereocenters. The highest BCUT2D eigenvalue weighted by atomic mass is 32.1. The third-order valence-corrected chi connectivity index (χ3v) is 6.04. The van der Waals surface area contributed by atoms with Crippen molar-refractivity contribution in [3.05, 3.63) is 58.1 Å². The van der Waals surface area contributed by atoms with Crippen LogP contribution in [-0.2, 0) is 6.54 Å². The summed E-state index contributed by atoms with van der Waals surface area (Å²) < 4.78 is 5.55. The van der Waals surface area contributed by atoms with Gasteiger partial charge in [0.25, 0.3) is 5.89 Å². The second-order valence-corrected chi connectivity index (χ2v) is 8.06. The minimum Gasteiger partial charge on any atom is -0.333 e. The second-order valence-electron chi connectivity index (χ2n) is 7.08. The minimum atomic E-state index is 0.530. The van der Waals surface area contributed by atoms with Gasteiger partial charge < -0.3 is 9.42 Å². The van der Waals surface area contributed by atoms with E-state index in [0.29, 0.717) is 17.8 Å². The third kappa shape index (κ3) is 3.53. The van der Waals surface area contributed by atoms with E-state index >= 15 is 0 Å². The van der Waals surface area contributed by atoms with Crippen LogP contribution in [-0.4, -0.2) is 16.7 Å². The smallest absolute Gasteiger partial charge is 0.282 e.